The smallest absolute Gasteiger partial charge is 0.255 e. The molecule has 4 nitrogen and oxygen atoms in total. The van der Waals surface area contributed by atoms with Crippen LogP contribution in [0.5, 0.6) is 0 Å². The van der Waals surface area contributed by atoms with E-state index in [-0.39, 0.29) is 5.91 Å². The summed E-state index contributed by atoms with van der Waals surface area (Å²) in [5, 5.41) is 10.3. The molecule has 0 aliphatic heterocycles. The molecule has 0 atom stereocenters. The number of halogens is 1. The van der Waals surface area contributed by atoms with Crippen molar-refractivity contribution in [1.29, 1.82) is 0 Å². The first-order valence-electron chi connectivity index (χ1n) is 6.39. The minimum absolute atomic E-state index is 0.166. The lowest BCUT2D eigenvalue weighted by Crippen LogP contribution is -2.11. The number of hydrogen-bond donors (Lipinski definition) is 2. The molecule has 104 valence electrons. The molecule has 5 heteroatoms. The molecule has 0 saturated carbocycles. The van der Waals surface area contributed by atoms with Crippen LogP contribution < -0.4 is 5.32 Å². The van der Waals surface area contributed by atoms with Gasteiger partial charge in [-0.2, -0.15) is 5.10 Å². The molecule has 1 amide bonds. The third-order valence-electron chi connectivity index (χ3n) is 3.06. The average Bonchev–Trinajstić information content (AvgIpc) is 3.03. The van der Waals surface area contributed by atoms with E-state index in [1.807, 2.05) is 30.3 Å². The standard InChI is InChI=1S/C16H12ClN3O/c17-13-5-1-12(2-6-13)16(21)19-14-7-3-11(4-8-14)15-9-10-18-20-15/h1-10H,(H,18,20)(H,19,21). The lowest BCUT2D eigenvalue weighted by Gasteiger charge is -2.06. The van der Waals surface area contributed by atoms with Crippen LogP contribution in [0.1, 0.15) is 10.4 Å². The summed E-state index contributed by atoms with van der Waals surface area (Å²) in [6.07, 6.45) is 1.70. The molecule has 0 saturated heterocycles. The molecule has 21 heavy (non-hydrogen) atoms. The Hall–Kier alpha value is -2.59. The maximum Gasteiger partial charge on any atom is 0.255 e. The van der Waals surface area contributed by atoms with E-state index in [1.165, 1.54) is 0 Å². The van der Waals surface area contributed by atoms with Gasteiger partial charge in [0.25, 0.3) is 5.91 Å². The summed E-state index contributed by atoms with van der Waals surface area (Å²) in [6.45, 7) is 0. The highest BCUT2D eigenvalue weighted by atomic mass is 35.5. The molecule has 0 fully saturated rings. The summed E-state index contributed by atoms with van der Waals surface area (Å²) in [5.41, 5.74) is 3.25. The molecule has 0 aliphatic carbocycles. The minimum Gasteiger partial charge on any atom is -0.322 e. The predicted octanol–water partition coefficient (Wildman–Crippen LogP) is 3.98. The number of nitrogens with zero attached hydrogens (tertiary/aromatic N) is 1. The number of nitrogens with one attached hydrogen (secondary N) is 2. The Balaban J connectivity index is 1.73. The highest BCUT2D eigenvalue weighted by Crippen LogP contribution is 2.19. The maximum absolute atomic E-state index is 12.1. The summed E-state index contributed by atoms with van der Waals surface area (Å²) in [4.78, 5) is 12.1. The lowest BCUT2D eigenvalue weighted by atomic mass is 10.1. The second-order valence-electron chi connectivity index (χ2n) is 4.51. The molecule has 3 aromatic rings. The molecule has 0 bridgehead atoms. The van der Waals surface area contributed by atoms with Crippen LogP contribution in [0.25, 0.3) is 11.3 Å². The van der Waals surface area contributed by atoms with E-state index in [2.05, 4.69) is 15.5 Å². The van der Waals surface area contributed by atoms with Crippen LogP contribution in [-0.2, 0) is 0 Å². The zero-order valence-electron chi connectivity index (χ0n) is 11.0. The van der Waals surface area contributed by atoms with Crippen LogP contribution >= 0.6 is 11.6 Å². The summed E-state index contributed by atoms with van der Waals surface area (Å²) < 4.78 is 0. The molecule has 0 radical (unpaired) electrons. The van der Waals surface area contributed by atoms with E-state index in [9.17, 15) is 4.79 Å². The molecule has 0 unspecified atom stereocenters. The second kappa shape index (κ2) is 5.81. The van der Waals surface area contributed by atoms with Gasteiger partial charge in [0.1, 0.15) is 0 Å². The predicted molar refractivity (Wildman–Crippen MR) is 83.4 cm³/mol. The van der Waals surface area contributed by atoms with Crippen molar-refractivity contribution in [3.8, 4) is 11.3 Å². The zero-order chi connectivity index (χ0) is 14.7. The Labute approximate surface area is 126 Å². The Bertz CT molecular complexity index is 734. The van der Waals surface area contributed by atoms with Crippen molar-refractivity contribution in [3.63, 3.8) is 0 Å². The Kier molecular flexibility index (Phi) is 3.71. The van der Waals surface area contributed by atoms with Crippen LogP contribution in [0.3, 0.4) is 0 Å². The third-order valence-corrected chi connectivity index (χ3v) is 3.31. The summed E-state index contributed by atoms with van der Waals surface area (Å²) >= 11 is 5.80. The molecule has 3 rings (SSSR count). The van der Waals surface area contributed by atoms with Crippen molar-refractivity contribution in [1.82, 2.24) is 10.2 Å². The van der Waals surface area contributed by atoms with Gasteiger partial charge in [-0.1, -0.05) is 23.7 Å². The van der Waals surface area contributed by atoms with E-state index in [0.29, 0.717) is 10.6 Å². The van der Waals surface area contributed by atoms with Crippen LogP contribution in [0.15, 0.2) is 60.8 Å². The van der Waals surface area contributed by atoms with Crippen molar-refractivity contribution in [2.24, 2.45) is 0 Å². The molecule has 0 aliphatic rings. The largest absolute Gasteiger partial charge is 0.322 e. The molecule has 1 aromatic heterocycles. The van der Waals surface area contributed by atoms with Crippen LogP contribution in [0.2, 0.25) is 5.02 Å². The molecule has 1 heterocycles. The van der Waals surface area contributed by atoms with Gasteiger partial charge in [0.05, 0.1) is 5.69 Å². The van der Waals surface area contributed by atoms with E-state index in [4.69, 9.17) is 11.6 Å². The topological polar surface area (TPSA) is 57.8 Å². The first-order chi connectivity index (χ1) is 10.2. The van der Waals surface area contributed by atoms with Gasteiger partial charge in [-0.3, -0.25) is 9.89 Å². The molecule has 0 spiro atoms. The quantitative estimate of drug-likeness (QED) is 0.768. The van der Waals surface area contributed by atoms with Crippen molar-refractivity contribution < 1.29 is 4.79 Å². The number of anilines is 1. The first kappa shape index (κ1) is 13.4. The Morgan fingerprint density at radius 1 is 1.00 bits per heavy atom. The number of aromatic nitrogens is 2. The van der Waals surface area contributed by atoms with E-state index in [0.717, 1.165) is 16.9 Å². The fourth-order valence-electron chi connectivity index (χ4n) is 1.95. The molecular formula is C16H12ClN3O. The summed E-state index contributed by atoms with van der Waals surface area (Å²) in [7, 11) is 0. The van der Waals surface area contributed by atoms with Gasteiger partial charge in [0, 0.05) is 22.5 Å². The fourth-order valence-corrected chi connectivity index (χ4v) is 2.08. The summed E-state index contributed by atoms with van der Waals surface area (Å²) in [5.74, 6) is -0.166. The number of carbonyl (C=O) groups is 1. The van der Waals surface area contributed by atoms with Gasteiger partial charge < -0.3 is 5.32 Å². The average molecular weight is 298 g/mol. The SMILES string of the molecule is O=C(Nc1ccc(-c2ccn[nH]2)cc1)c1ccc(Cl)cc1. The highest BCUT2D eigenvalue weighted by Gasteiger charge is 2.06. The van der Waals surface area contributed by atoms with Crippen LogP contribution in [0, 0.1) is 0 Å². The van der Waals surface area contributed by atoms with Crippen molar-refractivity contribution in [2.75, 3.05) is 5.32 Å². The van der Waals surface area contributed by atoms with Gasteiger partial charge in [-0.15, -0.1) is 0 Å². The third kappa shape index (κ3) is 3.12. The van der Waals surface area contributed by atoms with E-state index in [1.54, 1.807) is 30.5 Å². The Morgan fingerprint density at radius 2 is 1.71 bits per heavy atom. The minimum atomic E-state index is -0.166. The fraction of sp³-hybridized carbons (Fsp3) is 0. The summed E-state index contributed by atoms with van der Waals surface area (Å²) in [6, 6.07) is 16.2. The van der Waals surface area contributed by atoms with Gasteiger partial charge >= 0.3 is 0 Å². The maximum atomic E-state index is 12.1. The van der Waals surface area contributed by atoms with E-state index < -0.39 is 0 Å². The van der Waals surface area contributed by atoms with E-state index >= 15 is 0 Å². The normalized spacial score (nSPS) is 10.3. The number of carbonyl (C=O) groups excluding carboxylic acids is 1. The number of hydrogen-bond acceptors (Lipinski definition) is 2. The monoisotopic (exact) mass is 297 g/mol. The Morgan fingerprint density at radius 3 is 2.33 bits per heavy atom. The van der Waals surface area contributed by atoms with Crippen molar-refractivity contribution in [3.05, 3.63) is 71.4 Å². The van der Waals surface area contributed by atoms with Crippen LogP contribution in [0.4, 0.5) is 5.69 Å². The molecular weight excluding hydrogens is 286 g/mol. The van der Waals surface area contributed by atoms with Gasteiger partial charge in [-0.05, 0) is 48.0 Å². The number of amides is 1. The molecule has 2 aromatic carbocycles. The number of aromatic amines is 1. The second-order valence-corrected chi connectivity index (χ2v) is 4.95. The number of H-pyrrole nitrogens is 1. The van der Waals surface area contributed by atoms with Gasteiger partial charge in [-0.25, -0.2) is 0 Å². The number of benzene rings is 2. The molecule has 2 N–H and O–H groups in total. The highest BCUT2D eigenvalue weighted by molar-refractivity contribution is 6.30. The van der Waals surface area contributed by atoms with Crippen LogP contribution in [-0.4, -0.2) is 16.1 Å². The van der Waals surface area contributed by atoms with Crippen molar-refractivity contribution in [2.45, 2.75) is 0 Å². The number of rotatable bonds is 3. The van der Waals surface area contributed by atoms with Crippen molar-refractivity contribution >= 4 is 23.2 Å². The first-order valence-corrected chi connectivity index (χ1v) is 6.77. The lowest BCUT2D eigenvalue weighted by molar-refractivity contribution is 0.102. The van der Waals surface area contributed by atoms with Gasteiger partial charge in [0.15, 0.2) is 0 Å². The van der Waals surface area contributed by atoms with Gasteiger partial charge in [0.2, 0.25) is 0 Å². The zero-order valence-corrected chi connectivity index (χ0v) is 11.8.